The maximum atomic E-state index is 13.3. The molecule has 0 saturated carbocycles. The summed E-state index contributed by atoms with van der Waals surface area (Å²) < 4.78 is 7.70. The van der Waals surface area contributed by atoms with Gasteiger partial charge in [-0.05, 0) is 31.2 Å². The summed E-state index contributed by atoms with van der Waals surface area (Å²) in [7, 11) is 0. The van der Waals surface area contributed by atoms with Crippen LogP contribution in [-0.2, 0) is 0 Å². The Bertz CT molecular complexity index is 1700. The summed E-state index contributed by atoms with van der Waals surface area (Å²) >= 11 is 0. The highest BCUT2D eigenvalue weighted by atomic mass is 16.4. The van der Waals surface area contributed by atoms with E-state index >= 15 is 0 Å². The zero-order valence-electron chi connectivity index (χ0n) is 17.8. The van der Waals surface area contributed by atoms with Crippen LogP contribution in [0.25, 0.3) is 50.4 Å². The lowest BCUT2D eigenvalue weighted by atomic mass is 10.1. The van der Waals surface area contributed by atoms with Crippen LogP contribution in [0.4, 0.5) is 0 Å². The molecule has 0 unspecified atom stereocenters. The Balaban J connectivity index is 1.59. The number of para-hydroxylation sites is 1. The molecule has 6 rings (SSSR count). The van der Waals surface area contributed by atoms with Gasteiger partial charge in [-0.25, -0.2) is 4.98 Å². The summed E-state index contributed by atoms with van der Waals surface area (Å²) in [6.07, 6.45) is 5.05. The molecule has 6 heteroatoms. The molecule has 0 spiro atoms. The van der Waals surface area contributed by atoms with Crippen molar-refractivity contribution in [3.63, 3.8) is 0 Å². The second kappa shape index (κ2) is 7.53. The first-order valence-corrected chi connectivity index (χ1v) is 10.6. The molecule has 4 heterocycles. The van der Waals surface area contributed by atoms with E-state index in [9.17, 15) is 4.79 Å². The monoisotopic (exact) mass is 430 g/mol. The Morgan fingerprint density at radius 1 is 0.848 bits per heavy atom. The Kier molecular flexibility index (Phi) is 4.36. The molecule has 33 heavy (non-hydrogen) atoms. The van der Waals surface area contributed by atoms with Crippen molar-refractivity contribution in [2.75, 3.05) is 0 Å². The van der Waals surface area contributed by atoms with Crippen molar-refractivity contribution in [3.8, 4) is 28.6 Å². The molecule has 0 N–H and O–H groups in total. The van der Waals surface area contributed by atoms with Crippen LogP contribution in [0.2, 0.25) is 0 Å². The van der Waals surface area contributed by atoms with E-state index in [0.717, 1.165) is 33.0 Å². The van der Waals surface area contributed by atoms with Gasteiger partial charge < -0.3 is 4.42 Å². The highest BCUT2D eigenvalue weighted by molar-refractivity contribution is 5.83. The van der Waals surface area contributed by atoms with Gasteiger partial charge in [-0.3, -0.25) is 19.3 Å². The molecule has 4 aromatic heterocycles. The van der Waals surface area contributed by atoms with Crippen molar-refractivity contribution < 1.29 is 4.42 Å². The van der Waals surface area contributed by atoms with Crippen LogP contribution < -0.4 is 5.56 Å². The van der Waals surface area contributed by atoms with Crippen LogP contribution in [0.15, 0.2) is 101 Å². The highest BCUT2D eigenvalue weighted by Gasteiger charge is 2.20. The van der Waals surface area contributed by atoms with Crippen LogP contribution in [0.3, 0.4) is 0 Å². The maximum absolute atomic E-state index is 13.3. The first-order valence-electron chi connectivity index (χ1n) is 10.6. The molecule has 0 saturated heterocycles. The third-order valence-electron chi connectivity index (χ3n) is 5.65. The minimum absolute atomic E-state index is 0.263. The quantitative estimate of drug-likeness (QED) is 0.367. The number of nitrogens with zero attached hydrogens (tertiary/aromatic N) is 4. The molecular formula is C27H18N4O2. The second-order valence-electron chi connectivity index (χ2n) is 7.89. The first-order chi connectivity index (χ1) is 16.2. The largest absolute Gasteiger partial charge is 0.419 e. The van der Waals surface area contributed by atoms with Crippen molar-refractivity contribution in [2.45, 2.75) is 6.92 Å². The smallest absolute Gasteiger partial charge is 0.283 e. The molecule has 0 fully saturated rings. The minimum atomic E-state index is -0.263. The fourth-order valence-corrected chi connectivity index (χ4v) is 3.91. The van der Waals surface area contributed by atoms with Gasteiger partial charge in [-0.2, -0.15) is 0 Å². The molecule has 158 valence electrons. The number of fused-ring (bicyclic) bond motifs is 2. The number of benzene rings is 2. The standard InChI is InChI=1S/C27H18N4O2/c1-17-8-10-19(11-9-17)24-27(31-14-12-18-6-4-13-28-23(18)26(31)32)33-25(30-24)21-15-20-5-2-3-7-22(20)29-16-21/h2-16H,1H3. The van der Waals surface area contributed by atoms with E-state index in [2.05, 4.69) is 9.97 Å². The van der Waals surface area contributed by atoms with Gasteiger partial charge in [0.25, 0.3) is 5.56 Å². The van der Waals surface area contributed by atoms with Gasteiger partial charge in [0.15, 0.2) is 0 Å². The number of hydrogen-bond donors (Lipinski definition) is 0. The van der Waals surface area contributed by atoms with Crippen molar-refractivity contribution >= 4 is 21.8 Å². The summed E-state index contributed by atoms with van der Waals surface area (Å²) in [6, 6.07) is 23.4. The molecule has 0 amide bonds. The zero-order chi connectivity index (χ0) is 22.4. The Morgan fingerprint density at radius 2 is 1.67 bits per heavy atom. The number of aryl methyl sites for hydroxylation is 1. The van der Waals surface area contributed by atoms with Crippen LogP contribution in [-0.4, -0.2) is 19.5 Å². The van der Waals surface area contributed by atoms with Crippen LogP contribution in [0, 0.1) is 6.92 Å². The van der Waals surface area contributed by atoms with Gasteiger partial charge in [-0.15, -0.1) is 0 Å². The van der Waals surface area contributed by atoms with Gasteiger partial charge in [0, 0.05) is 34.9 Å². The summed E-state index contributed by atoms with van der Waals surface area (Å²) in [5.74, 6) is 0.742. The lowest BCUT2D eigenvalue weighted by molar-refractivity contribution is 0.543. The second-order valence-corrected chi connectivity index (χ2v) is 7.89. The average Bonchev–Trinajstić information content (AvgIpc) is 3.30. The topological polar surface area (TPSA) is 73.8 Å². The molecule has 6 nitrogen and oxygen atoms in total. The predicted octanol–water partition coefficient (Wildman–Crippen LogP) is 5.56. The molecule has 0 radical (unpaired) electrons. The van der Waals surface area contributed by atoms with Crippen LogP contribution in [0.5, 0.6) is 0 Å². The minimum Gasteiger partial charge on any atom is -0.419 e. The van der Waals surface area contributed by atoms with Crippen molar-refractivity contribution in [1.29, 1.82) is 0 Å². The number of rotatable bonds is 3. The van der Waals surface area contributed by atoms with E-state index < -0.39 is 0 Å². The number of aromatic nitrogens is 4. The highest BCUT2D eigenvalue weighted by Crippen LogP contribution is 2.32. The Hall–Kier alpha value is -4.58. The summed E-state index contributed by atoms with van der Waals surface area (Å²) in [6.45, 7) is 2.03. The van der Waals surface area contributed by atoms with Crippen molar-refractivity contribution in [2.24, 2.45) is 0 Å². The first kappa shape index (κ1) is 19.1. The van der Waals surface area contributed by atoms with Gasteiger partial charge in [-0.1, -0.05) is 54.1 Å². The van der Waals surface area contributed by atoms with Crippen LogP contribution >= 0.6 is 0 Å². The average molecular weight is 430 g/mol. The maximum Gasteiger partial charge on any atom is 0.283 e. The lowest BCUT2D eigenvalue weighted by Gasteiger charge is -2.06. The van der Waals surface area contributed by atoms with E-state index in [-0.39, 0.29) is 5.56 Å². The molecular weight excluding hydrogens is 412 g/mol. The van der Waals surface area contributed by atoms with Crippen molar-refractivity contribution in [1.82, 2.24) is 19.5 Å². The van der Waals surface area contributed by atoms with Gasteiger partial charge in [0.2, 0.25) is 11.8 Å². The lowest BCUT2D eigenvalue weighted by Crippen LogP contribution is -2.18. The predicted molar refractivity (Wildman–Crippen MR) is 128 cm³/mol. The van der Waals surface area contributed by atoms with E-state index in [1.807, 2.05) is 79.7 Å². The summed E-state index contributed by atoms with van der Waals surface area (Å²) in [5.41, 5.74) is 4.31. The fourth-order valence-electron chi connectivity index (χ4n) is 3.91. The third kappa shape index (κ3) is 3.29. The number of oxazole rings is 1. The summed E-state index contributed by atoms with van der Waals surface area (Å²) in [5, 5.41) is 1.76. The van der Waals surface area contributed by atoms with Crippen LogP contribution in [0.1, 0.15) is 5.56 Å². The van der Waals surface area contributed by atoms with Gasteiger partial charge in [0.1, 0.15) is 11.2 Å². The van der Waals surface area contributed by atoms with E-state index in [0.29, 0.717) is 23.0 Å². The molecule has 2 aromatic carbocycles. The normalized spacial score (nSPS) is 11.3. The third-order valence-corrected chi connectivity index (χ3v) is 5.65. The van der Waals surface area contributed by atoms with Gasteiger partial charge in [0.05, 0.1) is 11.1 Å². The molecule has 6 aromatic rings. The molecule has 0 bridgehead atoms. The SMILES string of the molecule is Cc1ccc(-c2nc(-c3cnc4ccccc4c3)oc2-n2ccc3cccnc3c2=O)cc1. The number of hydrogen-bond acceptors (Lipinski definition) is 5. The van der Waals surface area contributed by atoms with Crippen molar-refractivity contribution in [3.05, 3.63) is 107 Å². The van der Waals surface area contributed by atoms with E-state index in [1.54, 1.807) is 18.6 Å². The summed E-state index contributed by atoms with van der Waals surface area (Å²) in [4.78, 5) is 26.9. The molecule has 0 aliphatic carbocycles. The molecule has 0 aliphatic heterocycles. The Morgan fingerprint density at radius 3 is 2.55 bits per heavy atom. The fraction of sp³-hybridized carbons (Fsp3) is 0.0370. The number of pyridine rings is 3. The molecule has 0 atom stereocenters. The molecule has 0 aliphatic rings. The zero-order valence-corrected chi connectivity index (χ0v) is 17.8. The van der Waals surface area contributed by atoms with E-state index in [1.165, 1.54) is 4.57 Å². The Labute approximate surface area is 188 Å². The van der Waals surface area contributed by atoms with Gasteiger partial charge >= 0.3 is 0 Å². The van der Waals surface area contributed by atoms with E-state index in [4.69, 9.17) is 9.40 Å².